The molecule has 3 nitrogen and oxygen atoms in total. The van der Waals surface area contributed by atoms with Crippen molar-refractivity contribution in [3.8, 4) is 0 Å². The zero-order valence-corrected chi connectivity index (χ0v) is 10.5. The molecule has 0 amide bonds. The quantitative estimate of drug-likeness (QED) is 0.832. The van der Waals surface area contributed by atoms with Gasteiger partial charge in [0, 0.05) is 6.54 Å². The maximum absolute atomic E-state index is 12.1. The van der Waals surface area contributed by atoms with Crippen molar-refractivity contribution in [2.45, 2.75) is 38.2 Å². The van der Waals surface area contributed by atoms with E-state index in [9.17, 15) is 4.79 Å². The van der Waals surface area contributed by atoms with E-state index in [1.54, 1.807) is 0 Å². The Kier molecular flexibility index (Phi) is 2.86. The van der Waals surface area contributed by atoms with Crippen LogP contribution in [0.4, 0.5) is 0 Å². The first-order chi connectivity index (χ1) is 8.75. The number of ether oxygens (including phenoxy) is 1. The summed E-state index contributed by atoms with van der Waals surface area (Å²) in [5.74, 6) is -0.0910. The highest BCUT2D eigenvalue weighted by Crippen LogP contribution is 2.47. The smallest absolute Gasteiger partial charge is 0.313 e. The number of aryl methyl sites for hydroxylation is 1. The molecule has 3 rings (SSSR count). The van der Waals surface area contributed by atoms with Crippen molar-refractivity contribution in [3.05, 3.63) is 35.4 Å². The van der Waals surface area contributed by atoms with Crippen LogP contribution in [0.3, 0.4) is 0 Å². The number of rotatable bonds is 3. The largest absolute Gasteiger partial charge is 0.457 e. The fraction of sp³-hybridized carbons (Fsp3) is 0.533. The van der Waals surface area contributed by atoms with E-state index in [4.69, 9.17) is 10.5 Å². The molecule has 3 heteroatoms. The summed E-state index contributed by atoms with van der Waals surface area (Å²) in [6, 6.07) is 8.27. The van der Waals surface area contributed by atoms with Crippen LogP contribution < -0.4 is 5.73 Å². The normalized spacial score (nSPS) is 24.2. The van der Waals surface area contributed by atoms with Gasteiger partial charge in [-0.25, -0.2) is 0 Å². The Labute approximate surface area is 107 Å². The predicted molar refractivity (Wildman–Crippen MR) is 68.9 cm³/mol. The molecule has 0 saturated heterocycles. The Hall–Kier alpha value is -1.35. The Bertz CT molecular complexity index is 465. The minimum absolute atomic E-state index is 0.0634. The molecular formula is C15H19NO2. The zero-order valence-electron chi connectivity index (χ0n) is 10.5. The highest BCUT2D eigenvalue weighted by molar-refractivity contribution is 5.80. The van der Waals surface area contributed by atoms with Gasteiger partial charge in [0.25, 0.3) is 0 Å². The van der Waals surface area contributed by atoms with E-state index >= 15 is 0 Å². The van der Waals surface area contributed by atoms with Crippen molar-refractivity contribution in [2.75, 3.05) is 6.54 Å². The Morgan fingerprint density at radius 3 is 2.89 bits per heavy atom. The van der Waals surface area contributed by atoms with Gasteiger partial charge in [0.15, 0.2) is 0 Å². The standard InChI is InChI=1S/C15H19NO2/c16-10-15(8-9-15)14(17)18-13-7-3-5-11-4-1-2-6-12(11)13/h1-2,4,6,13H,3,5,7-10,16H2. The van der Waals surface area contributed by atoms with Crippen molar-refractivity contribution in [3.63, 3.8) is 0 Å². The van der Waals surface area contributed by atoms with Crippen molar-refractivity contribution in [1.82, 2.24) is 0 Å². The lowest BCUT2D eigenvalue weighted by Crippen LogP contribution is -2.29. The van der Waals surface area contributed by atoms with E-state index in [0.717, 1.165) is 32.1 Å². The van der Waals surface area contributed by atoms with Crippen LogP contribution in [0.15, 0.2) is 24.3 Å². The van der Waals surface area contributed by atoms with Crippen LogP contribution in [0.25, 0.3) is 0 Å². The molecule has 1 aromatic rings. The number of fused-ring (bicyclic) bond motifs is 1. The molecule has 2 aliphatic carbocycles. The van der Waals surface area contributed by atoms with E-state index in [1.165, 1.54) is 11.1 Å². The molecule has 0 radical (unpaired) electrons. The van der Waals surface area contributed by atoms with Gasteiger partial charge in [-0.1, -0.05) is 24.3 Å². The van der Waals surface area contributed by atoms with E-state index in [1.807, 2.05) is 12.1 Å². The summed E-state index contributed by atoms with van der Waals surface area (Å²) in [6.45, 7) is 0.417. The van der Waals surface area contributed by atoms with Gasteiger partial charge in [0.1, 0.15) is 6.10 Å². The lowest BCUT2D eigenvalue weighted by molar-refractivity contribution is -0.156. The second-order valence-electron chi connectivity index (χ2n) is 5.47. The molecule has 1 saturated carbocycles. The van der Waals surface area contributed by atoms with Gasteiger partial charge in [0.2, 0.25) is 0 Å². The number of hydrogen-bond donors (Lipinski definition) is 1. The summed E-state index contributed by atoms with van der Waals surface area (Å²) in [5.41, 5.74) is 7.82. The van der Waals surface area contributed by atoms with Crippen molar-refractivity contribution < 1.29 is 9.53 Å². The molecule has 0 aromatic heterocycles. The van der Waals surface area contributed by atoms with E-state index < -0.39 is 0 Å². The molecule has 96 valence electrons. The first-order valence-electron chi connectivity index (χ1n) is 6.74. The molecule has 18 heavy (non-hydrogen) atoms. The van der Waals surface area contributed by atoms with Crippen LogP contribution in [-0.4, -0.2) is 12.5 Å². The summed E-state index contributed by atoms with van der Waals surface area (Å²) in [7, 11) is 0. The molecule has 0 aliphatic heterocycles. The third-order valence-corrected chi connectivity index (χ3v) is 4.24. The topological polar surface area (TPSA) is 52.3 Å². The molecule has 1 unspecified atom stereocenters. The van der Waals surface area contributed by atoms with Crippen LogP contribution in [0.5, 0.6) is 0 Å². The molecule has 1 fully saturated rings. The van der Waals surface area contributed by atoms with E-state index in [2.05, 4.69) is 12.1 Å². The average molecular weight is 245 g/mol. The number of benzene rings is 1. The Morgan fingerprint density at radius 2 is 2.17 bits per heavy atom. The lowest BCUT2D eigenvalue weighted by Gasteiger charge is -2.26. The molecular weight excluding hydrogens is 226 g/mol. The third kappa shape index (κ3) is 1.93. The van der Waals surface area contributed by atoms with E-state index in [-0.39, 0.29) is 17.5 Å². The summed E-state index contributed by atoms with van der Waals surface area (Å²) >= 11 is 0. The number of carbonyl (C=O) groups excluding carboxylic acids is 1. The summed E-state index contributed by atoms with van der Waals surface area (Å²) in [4.78, 5) is 12.1. The zero-order chi connectivity index (χ0) is 12.6. The van der Waals surface area contributed by atoms with Crippen LogP contribution in [0.1, 0.15) is 42.9 Å². The summed E-state index contributed by atoms with van der Waals surface area (Å²) < 4.78 is 5.72. The van der Waals surface area contributed by atoms with Crippen LogP contribution in [0, 0.1) is 5.41 Å². The fourth-order valence-corrected chi connectivity index (χ4v) is 2.73. The molecule has 2 aliphatic rings. The van der Waals surface area contributed by atoms with Gasteiger partial charge < -0.3 is 10.5 Å². The number of hydrogen-bond acceptors (Lipinski definition) is 3. The number of carbonyl (C=O) groups is 1. The minimum Gasteiger partial charge on any atom is -0.457 e. The number of esters is 1. The highest BCUT2D eigenvalue weighted by Gasteiger charge is 2.50. The average Bonchev–Trinajstić information content (AvgIpc) is 3.20. The van der Waals surface area contributed by atoms with Crippen molar-refractivity contribution in [1.29, 1.82) is 0 Å². The SMILES string of the molecule is NCC1(C(=O)OC2CCCc3ccccc32)CC1. The second-order valence-corrected chi connectivity index (χ2v) is 5.47. The lowest BCUT2D eigenvalue weighted by atomic mass is 9.89. The first-order valence-corrected chi connectivity index (χ1v) is 6.74. The fourth-order valence-electron chi connectivity index (χ4n) is 2.73. The first kappa shape index (κ1) is 11.7. The maximum Gasteiger partial charge on any atom is 0.313 e. The van der Waals surface area contributed by atoms with Gasteiger partial charge in [0.05, 0.1) is 5.41 Å². The third-order valence-electron chi connectivity index (χ3n) is 4.24. The van der Waals surface area contributed by atoms with Crippen LogP contribution in [0.2, 0.25) is 0 Å². The van der Waals surface area contributed by atoms with E-state index in [0.29, 0.717) is 6.54 Å². The van der Waals surface area contributed by atoms with Gasteiger partial charge in [-0.05, 0) is 43.2 Å². The summed E-state index contributed by atoms with van der Waals surface area (Å²) in [6.07, 6.45) is 4.82. The van der Waals surface area contributed by atoms with Crippen LogP contribution in [-0.2, 0) is 16.0 Å². The molecule has 1 aromatic carbocycles. The van der Waals surface area contributed by atoms with Gasteiger partial charge in [-0.2, -0.15) is 0 Å². The monoisotopic (exact) mass is 245 g/mol. The van der Waals surface area contributed by atoms with Gasteiger partial charge in [-0.3, -0.25) is 4.79 Å². The number of nitrogens with two attached hydrogens (primary N) is 1. The molecule has 2 N–H and O–H groups in total. The molecule has 0 spiro atoms. The van der Waals surface area contributed by atoms with Crippen LogP contribution >= 0.6 is 0 Å². The Balaban J connectivity index is 1.77. The molecule has 0 heterocycles. The predicted octanol–water partition coefficient (Wildman–Crippen LogP) is 2.35. The second kappa shape index (κ2) is 4.39. The van der Waals surface area contributed by atoms with Crippen molar-refractivity contribution >= 4 is 5.97 Å². The van der Waals surface area contributed by atoms with Gasteiger partial charge in [-0.15, -0.1) is 0 Å². The summed E-state index contributed by atoms with van der Waals surface area (Å²) in [5, 5.41) is 0. The molecule has 1 atom stereocenters. The van der Waals surface area contributed by atoms with Gasteiger partial charge >= 0.3 is 5.97 Å². The van der Waals surface area contributed by atoms with Crippen molar-refractivity contribution in [2.24, 2.45) is 11.1 Å². The molecule has 0 bridgehead atoms. The minimum atomic E-state index is -0.355. The highest BCUT2D eigenvalue weighted by atomic mass is 16.5. The Morgan fingerprint density at radius 1 is 1.39 bits per heavy atom. The maximum atomic E-state index is 12.1.